The molecule has 2 nitrogen and oxygen atoms in total. The van der Waals surface area contributed by atoms with Crippen molar-refractivity contribution in [2.24, 2.45) is 0 Å². The van der Waals surface area contributed by atoms with Crippen LogP contribution in [0.1, 0.15) is 11.4 Å². The fourth-order valence-corrected chi connectivity index (χ4v) is 2.48. The van der Waals surface area contributed by atoms with Gasteiger partial charge in [-0.1, -0.05) is 0 Å². The molecule has 0 spiro atoms. The molecule has 0 aliphatic heterocycles. The van der Waals surface area contributed by atoms with Crippen molar-refractivity contribution >= 4 is 11.3 Å². The van der Waals surface area contributed by atoms with Crippen molar-refractivity contribution in [2.45, 2.75) is 12.8 Å². The van der Waals surface area contributed by atoms with E-state index >= 15 is 0 Å². The highest BCUT2D eigenvalue weighted by atomic mass is 32.1. The summed E-state index contributed by atoms with van der Waals surface area (Å²) in [4.78, 5) is 4.42. The first kappa shape index (κ1) is 13.1. The molecule has 2 aromatic rings. The fraction of sp³-hybridized carbons (Fsp3) is 0.308. The molecule has 2 rings (SSSR count). The summed E-state index contributed by atoms with van der Waals surface area (Å²) in [6.45, 7) is 0.945. The molecule has 0 fully saturated rings. The molecule has 0 aliphatic rings. The van der Waals surface area contributed by atoms with E-state index in [-0.39, 0.29) is 0 Å². The molecule has 96 valence electrons. The van der Waals surface area contributed by atoms with Crippen LogP contribution in [0.3, 0.4) is 0 Å². The molecule has 0 aliphatic carbocycles. The lowest BCUT2D eigenvalue weighted by Crippen LogP contribution is -2.08. The molecule has 1 N–H and O–H groups in total. The molecule has 18 heavy (non-hydrogen) atoms. The van der Waals surface area contributed by atoms with Crippen molar-refractivity contribution < 1.29 is 8.78 Å². The van der Waals surface area contributed by atoms with Gasteiger partial charge in [0.15, 0.2) is 11.6 Å². The third-order valence-corrected chi connectivity index (χ3v) is 3.49. The normalized spacial score (nSPS) is 10.8. The Morgan fingerprint density at radius 2 is 2.11 bits per heavy atom. The summed E-state index contributed by atoms with van der Waals surface area (Å²) >= 11 is 1.55. The van der Waals surface area contributed by atoms with Gasteiger partial charge in [-0.25, -0.2) is 13.8 Å². The maximum absolute atomic E-state index is 13.1. The van der Waals surface area contributed by atoms with Gasteiger partial charge in [-0.15, -0.1) is 11.3 Å². The van der Waals surface area contributed by atoms with Crippen molar-refractivity contribution in [1.82, 2.24) is 10.3 Å². The van der Waals surface area contributed by atoms with Crippen LogP contribution in [-0.2, 0) is 6.42 Å². The average molecular weight is 268 g/mol. The van der Waals surface area contributed by atoms with E-state index in [0.29, 0.717) is 11.3 Å². The van der Waals surface area contributed by atoms with Crippen LogP contribution < -0.4 is 5.32 Å². The number of thiazole rings is 1. The van der Waals surface area contributed by atoms with Gasteiger partial charge in [0.2, 0.25) is 0 Å². The molecule has 0 unspecified atom stereocenters. The van der Waals surface area contributed by atoms with E-state index in [1.165, 1.54) is 6.07 Å². The van der Waals surface area contributed by atoms with Crippen LogP contribution in [0.15, 0.2) is 23.6 Å². The van der Waals surface area contributed by atoms with Gasteiger partial charge >= 0.3 is 0 Å². The zero-order valence-electron chi connectivity index (χ0n) is 10.0. The van der Waals surface area contributed by atoms with Crippen molar-refractivity contribution in [3.8, 4) is 11.3 Å². The molecule has 0 amide bonds. The minimum Gasteiger partial charge on any atom is -0.320 e. The van der Waals surface area contributed by atoms with Crippen LogP contribution in [-0.4, -0.2) is 18.6 Å². The van der Waals surface area contributed by atoms with E-state index in [9.17, 15) is 8.78 Å². The second-order valence-corrected chi connectivity index (χ2v) is 4.91. The first-order valence-corrected chi connectivity index (χ1v) is 6.63. The Labute approximate surface area is 109 Å². The number of halogens is 2. The monoisotopic (exact) mass is 268 g/mol. The van der Waals surface area contributed by atoms with Crippen LogP contribution in [0.5, 0.6) is 0 Å². The van der Waals surface area contributed by atoms with Gasteiger partial charge in [-0.05, 0) is 38.2 Å². The number of aryl methyl sites for hydroxylation is 1. The number of nitrogens with zero attached hydrogens (tertiary/aromatic N) is 1. The lowest BCUT2D eigenvalue weighted by atomic mass is 10.1. The lowest BCUT2D eigenvalue weighted by molar-refractivity contribution is 0.509. The molecule has 1 heterocycles. The molecule has 0 atom stereocenters. The Bertz CT molecular complexity index is 525. The predicted octanol–water partition coefficient (Wildman–Crippen LogP) is 3.24. The molecule has 1 aromatic carbocycles. The largest absolute Gasteiger partial charge is 0.320 e. The van der Waals surface area contributed by atoms with Crippen LogP contribution >= 0.6 is 11.3 Å². The van der Waals surface area contributed by atoms with Gasteiger partial charge < -0.3 is 5.32 Å². The first-order chi connectivity index (χ1) is 8.70. The third kappa shape index (κ3) is 3.11. The zero-order valence-corrected chi connectivity index (χ0v) is 10.9. The highest BCUT2D eigenvalue weighted by Crippen LogP contribution is 2.24. The van der Waals surface area contributed by atoms with Crippen LogP contribution in [0.4, 0.5) is 8.78 Å². The lowest BCUT2D eigenvalue weighted by Gasteiger charge is -1.98. The summed E-state index contributed by atoms with van der Waals surface area (Å²) in [5.74, 6) is -1.67. The first-order valence-electron chi connectivity index (χ1n) is 5.75. The Morgan fingerprint density at radius 1 is 1.28 bits per heavy atom. The summed E-state index contributed by atoms with van der Waals surface area (Å²) in [5, 5.41) is 5.97. The fourth-order valence-electron chi connectivity index (χ4n) is 1.63. The second-order valence-electron chi connectivity index (χ2n) is 3.96. The van der Waals surface area contributed by atoms with Crippen LogP contribution in [0.2, 0.25) is 0 Å². The smallest absolute Gasteiger partial charge is 0.159 e. The number of nitrogens with one attached hydrogen (secondary N) is 1. The molecule has 0 saturated carbocycles. The number of hydrogen-bond donors (Lipinski definition) is 1. The van der Waals surface area contributed by atoms with Gasteiger partial charge in [0.05, 0.1) is 10.7 Å². The summed E-state index contributed by atoms with van der Waals surface area (Å²) in [6.07, 6.45) is 1.91. The quantitative estimate of drug-likeness (QED) is 0.842. The van der Waals surface area contributed by atoms with Crippen molar-refractivity contribution in [2.75, 3.05) is 13.6 Å². The maximum Gasteiger partial charge on any atom is 0.159 e. The predicted molar refractivity (Wildman–Crippen MR) is 69.7 cm³/mol. The van der Waals surface area contributed by atoms with Gasteiger partial charge in [-0.3, -0.25) is 0 Å². The molecule has 1 aromatic heterocycles. The summed E-state index contributed by atoms with van der Waals surface area (Å²) in [7, 11) is 1.91. The van der Waals surface area contributed by atoms with Gasteiger partial charge in [0.25, 0.3) is 0 Å². The number of aromatic nitrogens is 1. The van der Waals surface area contributed by atoms with Gasteiger partial charge in [0, 0.05) is 17.4 Å². The van der Waals surface area contributed by atoms with E-state index in [4.69, 9.17) is 0 Å². The van der Waals surface area contributed by atoms with Crippen LogP contribution in [0.25, 0.3) is 11.3 Å². The summed E-state index contributed by atoms with van der Waals surface area (Å²) in [6, 6.07) is 3.86. The van der Waals surface area contributed by atoms with E-state index in [2.05, 4.69) is 10.3 Å². The number of benzene rings is 1. The Morgan fingerprint density at radius 3 is 2.83 bits per heavy atom. The van der Waals surface area contributed by atoms with E-state index in [0.717, 1.165) is 30.5 Å². The Balaban J connectivity index is 2.11. The van der Waals surface area contributed by atoms with E-state index in [1.54, 1.807) is 17.4 Å². The van der Waals surface area contributed by atoms with Crippen LogP contribution in [0, 0.1) is 11.6 Å². The van der Waals surface area contributed by atoms with E-state index < -0.39 is 11.6 Å². The summed E-state index contributed by atoms with van der Waals surface area (Å²) < 4.78 is 25.9. The maximum atomic E-state index is 13.1. The molecule has 0 saturated heterocycles. The van der Waals surface area contributed by atoms with Crippen molar-refractivity contribution in [3.63, 3.8) is 0 Å². The zero-order chi connectivity index (χ0) is 13.0. The molecule has 0 radical (unpaired) electrons. The van der Waals surface area contributed by atoms with Crippen molar-refractivity contribution in [1.29, 1.82) is 0 Å². The molecular formula is C13H14F2N2S. The standard InChI is InChI=1S/C13H14F2N2S/c1-16-6-2-3-13-17-12(8-18-13)9-4-5-10(14)11(15)7-9/h4-5,7-8,16H,2-3,6H2,1H3. The molecular weight excluding hydrogens is 254 g/mol. The minimum absolute atomic E-state index is 0.616. The Kier molecular flexibility index (Phi) is 4.38. The second kappa shape index (κ2) is 6.02. The SMILES string of the molecule is CNCCCc1nc(-c2ccc(F)c(F)c2)cs1. The highest BCUT2D eigenvalue weighted by Gasteiger charge is 2.08. The number of rotatable bonds is 5. The molecule has 5 heteroatoms. The highest BCUT2D eigenvalue weighted by molar-refractivity contribution is 7.09. The van der Waals surface area contributed by atoms with Crippen molar-refractivity contribution in [3.05, 3.63) is 40.2 Å². The topological polar surface area (TPSA) is 24.9 Å². The minimum atomic E-state index is -0.836. The third-order valence-electron chi connectivity index (χ3n) is 2.58. The molecule has 0 bridgehead atoms. The van der Waals surface area contributed by atoms with Gasteiger partial charge in [-0.2, -0.15) is 0 Å². The average Bonchev–Trinajstić information content (AvgIpc) is 2.82. The van der Waals surface area contributed by atoms with E-state index in [1.807, 2.05) is 12.4 Å². The number of hydrogen-bond acceptors (Lipinski definition) is 3. The Hall–Kier alpha value is -1.33. The summed E-state index contributed by atoms with van der Waals surface area (Å²) in [5.41, 5.74) is 1.32. The van der Waals surface area contributed by atoms with Gasteiger partial charge in [0.1, 0.15) is 0 Å².